The monoisotopic (exact) mass is 306 g/mol. The number of rotatable bonds is 6. The molecule has 0 saturated heterocycles. The van der Waals surface area contributed by atoms with Crippen LogP contribution in [0.1, 0.15) is 19.8 Å². The van der Waals surface area contributed by atoms with Gasteiger partial charge in [0.1, 0.15) is 0 Å². The fourth-order valence-corrected chi connectivity index (χ4v) is 1.22. The van der Waals surface area contributed by atoms with E-state index in [9.17, 15) is 14.4 Å². The molecule has 0 fully saturated rings. The number of hydrogen-bond acceptors (Lipinski definition) is 3. The topological polar surface area (TPSA) is 95.5 Å². The number of hydrogen-bond donors (Lipinski definition) is 3. The van der Waals surface area contributed by atoms with Crippen LogP contribution in [-0.4, -0.2) is 29.6 Å². The maximum absolute atomic E-state index is 11.3. The molecule has 1 atom stereocenters. The van der Waals surface area contributed by atoms with E-state index in [0.29, 0.717) is 4.48 Å². The molecule has 0 aliphatic heterocycles. The summed E-state index contributed by atoms with van der Waals surface area (Å²) >= 11 is 3.05. The lowest BCUT2D eigenvalue weighted by atomic mass is 10.0. The Labute approximate surface area is 108 Å². The van der Waals surface area contributed by atoms with E-state index >= 15 is 0 Å². The number of carbonyl (C=O) groups is 3. The summed E-state index contributed by atoms with van der Waals surface area (Å²) in [7, 11) is 0. The van der Waals surface area contributed by atoms with Crippen molar-refractivity contribution in [3.05, 3.63) is 11.1 Å². The molecule has 0 rings (SSSR count). The molecule has 17 heavy (non-hydrogen) atoms. The van der Waals surface area contributed by atoms with Gasteiger partial charge in [0.25, 0.3) is 0 Å². The standard InChI is InChI=1S/C10H15BrN2O4/c1-6(4-9(15)16)3-8(14)13-10(17)12-5-7(2)11/h6H,2-5H2,1H3,(H,15,16)(H2,12,13,14,17). The molecule has 0 saturated carbocycles. The highest BCUT2D eigenvalue weighted by atomic mass is 79.9. The molecule has 0 spiro atoms. The van der Waals surface area contributed by atoms with Crippen molar-refractivity contribution >= 4 is 33.8 Å². The van der Waals surface area contributed by atoms with Crippen molar-refractivity contribution in [2.45, 2.75) is 19.8 Å². The summed E-state index contributed by atoms with van der Waals surface area (Å²) < 4.78 is 0.583. The summed E-state index contributed by atoms with van der Waals surface area (Å²) in [5, 5.41) is 13.0. The minimum absolute atomic E-state index is 0.00498. The van der Waals surface area contributed by atoms with Crippen molar-refractivity contribution in [3.63, 3.8) is 0 Å². The number of urea groups is 1. The van der Waals surface area contributed by atoms with Crippen LogP contribution >= 0.6 is 15.9 Å². The Hall–Kier alpha value is -1.37. The molecule has 3 N–H and O–H groups in total. The number of amides is 3. The second kappa shape index (κ2) is 7.83. The van der Waals surface area contributed by atoms with Crippen LogP contribution in [0, 0.1) is 5.92 Å². The summed E-state index contributed by atoms with van der Waals surface area (Å²) in [5.74, 6) is -1.78. The maximum Gasteiger partial charge on any atom is 0.321 e. The van der Waals surface area contributed by atoms with E-state index in [2.05, 4.69) is 33.1 Å². The second-order valence-corrected chi connectivity index (χ2v) is 4.78. The zero-order chi connectivity index (χ0) is 13.4. The molecular weight excluding hydrogens is 292 g/mol. The van der Waals surface area contributed by atoms with Crippen LogP contribution < -0.4 is 10.6 Å². The molecule has 0 heterocycles. The van der Waals surface area contributed by atoms with Crippen LogP contribution in [0.3, 0.4) is 0 Å². The summed E-state index contributed by atoms with van der Waals surface area (Å²) in [5.41, 5.74) is 0. The zero-order valence-electron chi connectivity index (χ0n) is 9.46. The van der Waals surface area contributed by atoms with E-state index in [1.807, 2.05) is 0 Å². The van der Waals surface area contributed by atoms with Gasteiger partial charge in [-0.3, -0.25) is 14.9 Å². The van der Waals surface area contributed by atoms with E-state index in [1.165, 1.54) is 0 Å². The average Bonchev–Trinajstić information content (AvgIpc) is 2.12. The van der Waals surface area contributed by atoms with Crippen LogP contribution in [0.2, 0.25) is 0 Å². The lowest BCUT2D eigenvalue weighted by molar-refractivity contribution is -0.138. The minimum atomic E-state index is -0.967. The Morgan fingerprint density at radius 1 is 1.35 bits per heavy atom. The first kappa shape index (κ1) is 15.6. The van der Waals surface area contributed by atoms with Gasteiger partial charge in [-0.15, -0.1) is 0 Å². The molecule has 0 bridgehead atoms. The highest BCUT2D eigenvalue weighted by molar-refractivity contribution is 9.11. The average molecular weight is 307 g/mol. The molecular formula is C10H15BrN2O4. The van der Waals surface area contributed by atoms with Gasteiger partial charge in [0.05, 0.1) is 6.54 Å². The van der Waals surface area contributed by atoms with E-state index in [0.717, 1.165) is 0 Å². The van der Waals surface area contributed by atoms with Crippen molar-refractivity contribution < 1.29 is 19.5 Å². The Bertz CT molecular complexity index is 330. The summed E-state index contributed by atoms with van der Waals surface area (Å²) in [6.45, 7) is 5.35. The molecule has 0 aromatic rings. The fourth-order valence-electron chi connectivity index (χ4n) is 1.08. The van der Waals surface area contributed by atoms with Crippen LogP contribution in [0.4, 0.5) is 4.79 Å². The van der Waals surface area contributed by atoms with Gasteiger partial charge in [-0.05, 0) is 5.92 Å². The molecule has 96 valence electrons. The third kappa shape index (κ3) is 9.55. The lowest BCUT2D eigenvalue weighted by Crippen LogP contribution is -2.40. The van der Waals surface area contributed by atoms with Crippen LogP contribution in [-0.2, 0) is 9.59 Å². The van der Waals surface area contributed by atoms with Gasteiger partial charge >= 0.3 is 12.0 Å². The number of halogens is 1. The lowest BCUT2D eigenvalue weighted by Gasteiger charge is -2.09. The van der Waals surface area contributed by atoms with Crippen molar-refractivity contribution in [3.8, 4) is 0 Å². The number of imide groups is 1. The predicted molar refractivity (Wildman–Crippen MR) is 65.6 cm³/mol. The molecule has 0 aromatic heterocycles. The third-order valence-corrected chi connectivity index (χ3v) is 2.03. The van der Waals surface area contributed by atoms with E-state index < -0.39 is 17.9 Å². The fraction of sp³-hybridized carbons (Fsp3) is 0.500. The normalized spacial score (nSPS) is 11.4. The Morgan fingerprint density at radius 3 is 2.41 bits per heavy atom. The van der Waals surface area contributed by atoms with Gasteiger partial charge in [-0.25, -0.2) is 4.79 Å². The van der Waals surface area contributed by atoms with Gasteiger partial charge in [0.2, 0.25) is 5.91 Å². The number of nitrogens with one attached hydrogen (secondary N) is 2. The van der Waals surface area contributed by atoms with Crippen LogP contribution in [0.5, 0.6) is 0 Å². The first-order valence-electron chi connectivity index (χ1n) is 4.94. The largest absolute Gasteiger partial charge is 0.481 e. The highest BCUT2D eigenvalue weighted by Crippen LogP contribution is 2.06. The minimum Gasteiger partial charge on any atom is -0.481 e. The van der Waals surface area contributed by atoms with Gasteiger partial charge in [-0.1, -0.05) is 29.4 Å². The van der Waals surface area contributed by atoms with Gasteiger partial charge in [0, 0.05) is 17.3 Å². The highest BCUT2D eigenvalue weighted by Gasteiger charge is 2.14. The molecule has 3 amide bonds. The van der Waals surface area contributed by atoms with Crippen molar-refractivity contribution in [2.24, 2.45) is 5.92 Å². The number of aliphatic carboxylic acids is 1. The van der Waals surface area contributed by atoms with E-state index in [4.69, 9.17) is 5.11 Å². The Kier molecular flexibility index (Phi) is 7.20. The quantitative estimate of drug-likeness (QED) is 0.687. The smallest absolute Gasteiger partial charge is 0.321 e. The number of carbonyl (C=O) groups excluding carboxylic acids is 2. The van der Waals surface area contributed by atoms with Gasteiger partial charge < -0.3 is 10.4 Å². The summed E-state index contributed by atoms with van der Waals surface area (Å²) in [6, 6.07) is -0.627. The first-order valence-corrected chi connectivity index (χ1v) is 5.73. The molecule has 0 aliphatic rings. The molecule has 0 aromatic carbocycles. The molecule has 0 radical (unpaired) electrons. The van der Waals surface area contributed by atoms with E-state index in [1.54, 1.807) is 6.92 Å². The molecule has 7 heteroatoms. The van der Waals surface area contributed by atoms with Gasteiger partial charge in [-0.2, -0.15) is 0 Å². The first-order chi connectivity index (χ1) is 7.81. The number of carboxylic acid groups (broad SMARTS) is 1. The number of carboxylic acids is 1. The zero-order valence-corrected chi connectivity index (χ0v) is 11.0. The third-order valence-electron chi connectivity index (χ3n) is 1.75. The molecule has 6 nitrogen and oxygen atoms in total. The Morgan fingerprint density at radius 2 is 1.94 bits per heavy atom. The SMILES string of the molecule is C=C(Br)CNC(=O)NC(=O)CC(C)CC(=O)O. The van der Waals surface area contributed by atoms with Crippen molar-refractivity contribution in [1.29, 1.82) is 0 Å². The second-order valence-electron chi connectivity index (χ2n) is 3.66. The predicted octanol–water partition coefficient (Wildman–Crippen LogP) is 1.22. The molecule has 0 aliphatic carbocycles. The summed E-state index contributed by atoms with van der Waals surface area (Å²) in [4.78, 5) is 32.8. The van der Waals surface area contributed by atoms with Gasteiger partial charge in [0.15, 0.2) is 0 Å². The van der Waals surface area contributed by atoms with E-state index in [-0.39, 0.29) is 25.3 Å². The maximum atomic E-state index is 11.3. The Balaban J connectivity index is 3.89. The molecule has 1 unspecified atom stereocenters. The van der Waals surface area contributed by atoms with Crippen molar-refractivity contribution in [2.75, 3.05) is 6.54 Å². The van der Waals surface area contributed by atoms with Crippen LogP contribution in [0.25, 0.3) is 0 Å². The summed E-state index contributed by atoms with van der Waals surface area (Å²) in [6.07, 6.45) is -0.109. The van der Waals surface area contributed by atoms with Crippen LogP contribution in [0.15, 0.2) is 11.1 Å². The van der Waals surface area contributed by atoms with Crippen molar-refractivity contribution in [1.82, 2.24) is 10.6 Å².